The van der Waals surface area contributed by atoms with Crippen LogP contribution >= 0.6 is 0 Å². The van der Waals surface area contributed by atoms with E-state index in [0.717, 1.165) is 52.4 Å². The van der Waals surface area contributed by atoms with Crippen LogP contribution in [0, 0.1) is 0 Å². The Morgan fingerprint density at radius 1 is 0.415 bits per heavy atom. The van der Waals surface area contributed by atoms with Crippen LogP contribution in [0.5, 0.6) is 0 Å². The van der Waals surface area contributed by atoms with Gasteiger partial charge in [0.05, 0.1) is 35.5 Å². The van der Waals surface area contributed by atoms with E-state index in [1.165, 1.54) is 152 Å². The predicted octanol–water partition coefficient (Wildman–Crippen LogP) is 10.8. The first-order valence-corrected chi connectivity index (χ1v) is 26.3. The second-order valence-electron chi connectivity index (χ2n) is 16.1. The van der Waals surface area contributed by atoms with Crippen LogP contribution in [-0.2, 0) is 39.2 Å². The molecule has 0 heterocycles. The zero-order chi connectivity index (χ0) is 47.6. The Morgan fingerprint density at radius 2 is 0.631 bits per heavy atom. The Hall–Kier alpha value is -2.60. The van der Waals surface area contributed by atoms with Crippen molar-refractivity contribution in [1.82, 2.24) is 0 Å². The van der Waals surface area contributed by atoms with E-state index in [2.05, 4.69) is 23.3 Å². The maximum atomic E-state index is 12.3. The Balaban J connectivity index is 0.00000124. The van der Waals surface area contributed by atoms with Gasteiger partial charge in [-0.1, -0.05) is 179 Å². The third-order valence-corrected chi connectivity index (χ3v) is 12.4. The predicted molar refractivity (Wildman–Crippen MR) is 251 cm³/mol. The summed E-state index contributed by atoms with van der Waals surface area (Å²) in [7, 11) is -9.57. The van der Waals surface area contributed by atoms with E-state index >= 15 is 0 Å². The molecule has 0 saturated heterocycles. The minimum absolute atomic E-state index is 0. The summed E-state index contributed by atoms with van der Waals surface area (Å²) in [6.07, 6.45) is 28.9. The summed E-state index contributed by atoms with van der Waals surface area (Å²) in [5.41, 5.74) is -4.01. The van der Waals surface area contributed by atoms with Crippen molar-refractivity contribution >= 4 is 81.9 Å². The Bertz CT molecular complexity index is 1720. The zero-order valence-corrected chi connectivity index (χ0v) is 43.2. The van der Waals surface area contributed by atoms with Gasteiger partial charge in [-0.2, -0.15) is 0 Å². The summed E-state index contributed by atoms with van der Waals surface area (Å²) in [5.74, 6) is -3.49. The van der Waals surface area contributed by atoms with E-state index in [1.807, 2.05) is 0 Å². The molecule has 2 aromatic rings. The fourth-order valence-electron chi connectivity index (χ4n) is 6.60. The van der Waals surface area contributed by atoms with Gasteiger partial charge in [0.25, 0.3) is 0 Å². The smallest absolute Gasteiger partial charge is 0.745 e. The van der Waals surface area contributed by atoms with Crippen LogP contribution in [0.3, 0.4) is 0 Å². The van der Waals surface area contributed by atoms with Gasteiger partial charge in [0.15, 0.2) is 10.9 Å². The van der Waals surface area contributed by atoms with Gasteiger partial charge in [0.1, 0.15) is 20.2 Å². The van der Waals surface area contributed by atoms with Crippen molar-refractivity contribution in [3.05, 3.63) is 70.8 Å². The van der Waals surface area contributed by atoms with Crippen molar-refractivity contribution in [2.45, 2.75) is 193 Å². The molecule has 0 aliphatic rings. The minimum Gasteiger partial charge on any atom is -0.745 e. The Labute approximate surface area is 419 Å². The van der Waals surface area contributed by atoms with Gasteiger partial charge in [0.2, 0.25) is 0 Å². The number of carbonyl (C=O) groups excluding carboxylic acids is 4. The largest absolute Gasteiger partial charge is 2.00 e. The third kappa shape index (κ3) is 29.7. The molecule has 0 aromatic heterocycles. The van der Waals surface area contributed by atoms with E-state index in [9.17, 15) is 45.1 Å². The molecule has 0 amide bonds. The maximum absolute atomic E-state index is 12.3. The second-order valence-corrected chi connectivity index (χ2v) is 19.4. The maximum Gasteiger partial charge on any atom is 2.00 e. The third-order valence-electron chi connectivity index (χ3n) is 10.6. The normalized spacial score (nSPS) is 12.2. The van der Waals surface area contributed by atoms with Gasteiger partial charge >= 0.3 is 61.6 Å². The number of unbranched alkanes of at least 4 members (excludes halogenated alkanes) is 22. The van der Waals surface area contributed by atoms with E-state index in [0.29, 0.717) is 0 Å². The summed E-state index contributed by atoms with van der Waals surface area (Å²) < 4.78 is 85.5. The first-order chi connectivity index (χ1) is 30.5. The zero-order valence-electron chi connectivity index (χ0n) is 39.4. The van der Waals surface area contributed by atoms with Crippen molar-refractivity contribution in [2.75, 3.05) is 13.2 Å². The van der Waals surface area contributed by atoms with Gasteiger partial charge in [-0.25, -0.2) is 36.0 Å². The van der Waals surface area contributed by atoms with Crippen molar-refractivity contribution in [1.29, 1.82) is 0 Å². The molecule has 0 aliphatic carbocycles. The molecule has 364 valence electrons. The van der Waals surface area contributed by atoms with Crippen LogP contribution < -0.4 is 0 Å². The van der Waals surface area contributed by atoms with Crippen LogP contribution in [0.1, 0.15) is 223 Å². The summed E-state index contributed by atoms with van der Waals surface area (Å²) in [6, 6.07) is 11.6. The second kappa shape index (κ2) is 37.4. The van der Waals surface area contributed by atoms with Crippen molar-refractivity contribution in [3.8, 4) is 0 Å². The summed E-state index contributed by atoms with van der Waals surface area (Å²) in [6.45, 7) is 6.87. The fourth-order valence-corrected chi connectivity index (χ4v) is 7.01. The molecule has 2 rings (SSSR count). The molecular weight excluding hydrogens is 905 g/mol. The molecule has 0 spiro atoms. The molecule has 14 nitrogen and oxygen atoms in total. The van der Waals surface area contributed by atoms with E-state index < -0.39 is 55.0 Å². The first kappa shape index (κ1) is 62.4. The van der Waals surface area contributed by atoms with Crippen LogP contribution in [0.15, 0.2) is 48.5 Å². The number of ether oxygens (including phenoxy) is 4. The molecule has 2 atom stereocenters. The van der Waals surface area contributed by atoms with Crippen molar-refractivity contribution < 1.29 is 64.1 Å². The molecule has 0 bridgehead atoms. The molecule has 0 radical (unpaired) electrons. The van der Waals surface area contributed by atoms with Crippen molar-refractivity contribution in [2.24, 2.45) is 0 Å². The van der Waals surface area contributed by atoms with Gasteiger partial charge in [-0.05, 0) is 51.0 Å². The topological polar surface area (TPSA) is 220 Å². The molecule has 65 heavy (non-hydrogen) atoms. The van der Waals surface area contributed by atoms with E-state index in [4.69, 9.17) is 9.47 Å². The van der Waals surface area contributed by atoms with Gasteiger partial charge < -0.3 is 28.1 Å². The molecule has 0 N–H and O–H groups in total. The standard InChI is InChI=1S/2C24H38O7S.Ca/c2*1-3-4-5-6-7-8-9-10-11-12-13-16-19-30-23(25)21-17-14-15-18-22(21)24(26)31-20(2)32(27,28)29;/h2*14-15,17-18,20H,3-13,16,19H2,1-2H3,(H,27,28,29);/q;;+2/p-2. The first-order valence-electron chi connectivity index (χ1n) is 23.4. The van der Waals surface area contributed by atoms with Crippen molar-refractivity contribution in [3.63, 3.8) is 0 Å². The quantitative estimate of drug-likeness (QED) is 0.0209. The van der Waals surface area contributed by atoms with Gasteiger partial charge in [-0.3, -0.25) is 0 Å². The SMILES string of the molecule is CCCCCCCCCCCCCCOC(=O)c1ccccc1C(=O)OC(C)S(=O)(=O)[O-].CCCCCCCCCCCCCCOC(=O)c1ccccc1C(=O)OC(C)S(=O)(=O)[O-].[Ca+2]. The molecule has 0 aliphatic heterocycles. The monoisotopic (exact) mass is 978 g/mol. The number of rotatable bonds is 34. The Morgan fingerprint density at radius 3 is 0.862 bits per heavy atom. The number of carbonyl (C=O) groups is 4. The average Bonchev–Trinajstić information content (AvgIpc) is 3.26. The van der Waals surface area contributed by atoms with Gasteiger partial charge in [-0.15, -0.1) is 0 Å². The molecule has 17 heteroatoms. The number of hydrogen-bond donors (Lipinski definition) is 0. The summed E-state index contributed by atoms with van der Waals surface area (Å²) >= 11 is 0. The average molecular weight is 979 g/mol. The molecular formula is C48H74CaO14S2. The van der Waals surface area contributed by atoms with E-state index in [-0.39, 0.29) is 73.2 Å². The van der Waals surface area contributed by atoms with Crippen LogP contribution in [0.25, 0.3) is 0 Å². The molecule has 2 unspecified atom stereocenters. The minimum atomic E-state index is -4.78. The van der Waals surface area contributed by atoms with Gasteiger partial charge in [0, 0.05) is 0 Å². The van der Waals surface area contributed by atoms with Crippen LogP contribution in [0.2, 0.25) is 0 Å². The number of hydrogen-bond acceptors (Lipinski definition) is 14. The summed E-state index contributed by atoms with van der Waals surface area (Å²) in [4.78, 5) is 49.1. The molecule has 0 saturated carbocycles. The van der Waals surface area contributed by atoms with Crippen LogP contribution in [-0.4, -0.2) is 112 Å². The van der Waals surface area contributed by atoms with E-state index in [1.54, 1.807) is 12.1 Å². The van der Waals surface area contributed by atoms with Crippen LogP contribution in [0.4, 0.5) is 0 Å². The Kier molecular flexibility index (Phi) is 35.9. The molecule has 0 fully saturated rings. The fraction of sp³-hybridized carbons (Fsp3) is 0.667. The molecule has 2 aromatic carbocycles. The summed E-state index contributed by atoms with van der Waals surface area (Å²) in [5, 5.41) is 0. The number of esters is 4. The number of benzene rings is 2.